The van der Waals surface area contributed by atoms with E-state index in [0.29, 0.717) is 43.2 Å². The van der Waals surface area contributed by atoms with E-state index in [4.69, 9.17) is 18.9 Å². The van der Waals surface area contributed by atoms with Crippen LogP contribution >= 0.6 is 0 Å². The minimum Gasteiger partial charge on any atom is -0.486 e. The van der Waals surface area contributed by atoms with E-state index in [2.05, 4.69) is 16.8 Å². The molecule has 1 unspecified atom stereocenters. The smallest absolute Gasteiger partial charge is 0.307 e. The number of hydrogen-bond donors (Lipinski definition) is 0. The third kappa shape index (κ3) is 5.66. The van der Waals surface area contributed by atoms with Crippen LogP contribution in [-0.4, -0.2) is 37.4 Å². The molecule has 0 amide bonds. The predicted molar refractivity (Wildman–Crippen MR) is 140 cm³/mol. The van der Waals surface area contributed by atoms with Crippen molar-refractivity contribution in [2.45, 2.75) is 50.7 Å². The molecule has 2 aliphatic rings. The maximum atomic E-state index is 15.1. The van der Waals surface area contributed by atoms with Crippen LogP contribution in [0.3, 0.4) is 0 Å². The number of rotatable bonds is 8. The standard InChI is InChI=1S/C31H30FNO5/c1-3-4-21(17-30(34)35-2)20-5-8-23(9-6-20)37-28-13-11-26-25(10-12-27(32)31(26)28)22-7-14-29(33-18-22)38-24-15-16-36-19-24/h5-10,12,14,18,21,24,28H,11,13,15-17,19H2,1-2H3/t21?,24-,28+/m0/s1. The fourth-order valence-electron chi connectivity index (χ4n) is 5.07. The maximum absolute atomic E-state index is 15.1. The van der Waals surface area contributed by atoms with Crippen molar-refractivity contribution in [1.82, 2.24) is 4.98 Å². The van der Waals surface area contributed by atoms with Crippen LogP contribution in [0.25, 0.3) is 11.1 Å². The summed E-state index contributed by atoms with van der Waals surface area (Å²) in [6.07, 6.45) is 3.83. The van der Waals surface area contributed by atoms with Gasteiger partial charge in [0.2, 0.25) is 5.88 Å². The highest BCUT2D eigenvalue weighted by Gasteiger charge is 2.30. The van der Waals surface area contributed by atoms with Gasteiger partial charge in [0, 0.05) is 29.8 Å². The number of halogens is 1. The van der Waals surface area contributed by atoms with E-state index in [-0.39, 0.29) is 30.2 Å². The van der Waals surface area contributed by atoms with Crippen LogP contribution in [0, 0.1) is 17.7 Å². The van der Waals surface area contributed by atoms with Crippen LogP contribution in [0.5, 0.6) is 11.6 Å². The van der Waals surface area contributed by atoms with Gasteiger partial charge in [0.05, 0.1) is 32.7 Å². The molecule has 196 valence electrons. The van der Waals surface area contributed by atoms with Gasteiger partial charge >= 0.3 is 5.97 Å². The van der Waals surface area contributed by atoms with Gasteiger partial charge in [-0.2, -0.15) is 0 Å². The van der Waals surface area contributed by atoms with Crippen LogP contribution < -0.4 is 9.47 Å². The highest BCUT2D eigenvalue weighted by atomic mass is 19.1. The number of benzene rings is 2. The largest absolute Gasteiger partial charge is 0.486 e. The zero-order chi connectivity index (χ0) is 26.5. The second-order valence-corrected chi connectivity index (χ2v) is 9.42. The van der Waals surface area contributed by atoms with E-state index in [1.54, 1.807) is 13.1 Å². The first-order chi connectivity index (χ1) is 18.6. The summed E-state index contributed by atoms with van der Waals surface area (Å²) < 4.78 is 37.3. The van der Waals surface area contributed by atoms with Crippen molar-refractivity contribution < 1.29 is 28.1 Å². The average molecular weight is 516 g/mol. The van der Waals surface area contributed by atoms with Crippen LogP contribution in [0.4, 0.5) is 4.39 Å². The van der Waals surface area contributed by atoms with Gasteiger partial charge in [-0.25, -0.2) is 9.37 Å². The molecule has 6 nitrogen and oxygen atoms in total. The Hall–Kier alpha value is -3.89. The summed E-state index contributed by atoms with van der Waals surface area (Å²) in [6, 6.07) is 14.6. The van der Waals surface area contributed by atoms with Crippen molar-refractivity contribution in [2.75, 3.05) is 20.3 Å². The molecule has 3 atom stereocenters. The SMILES string of the molecule is CC#CC(CC(=O)OC)c1ccc(O[C@@H]2CCc3c(-c4ccc(O[C@H]5CCOC5)nc4)ccc(F)c32)cc1. The van der Waals surface area contributed by atoms with E-state index < -0.39 is 6.10 Å². The zero-order valence-electron chi connectivity index (χ0n) is 21.5. The first-order valence-electron chi connectivity index (χ1n) is 12.8. The van der Waals surface area contributed by atoms with E-state index >= 15 is 4.39 Å². The zero-order valence-corrected chi connectivity index (χ0v) is 21.5. The Kier molecular flexibility index (Phi) is 7.90. The molecule has 7 heteroatoms. The highest BCUT2D eigenvalue weighted by molar-refractivity contribution is 5.71. The molecule has 5 rings (SSSR count). The molecule has 1 fully saturated rings. The monoisotopic (exact) mass is 515 g/mol. The first kappa shape index (κ1) is 25.7. The molecule has 0 bridgehead atoms. The molecule has 0 saturated carbocycles. The minimum absolute atomic E-state index is 0.0358. The van der Waals surface area contributed by atoms with E-state index in [9.17, 15) is 4.79 Å². The molecule has 38 heavy (non-hydrogen) atoms. The summed E-state index contributed by atoms with van der Waals surface area (Å²) >= 11 is 0. The number of hydrogen-bond acceptors (Lipinski definition) is 6. The van der Waals surface area contributed by atoms with Gasteiger partial charge in [-0.15, -0.1) is 5.92 Å². The third-order valence-electron chi connectivity index (χ3n) is 6.98. The lowest BCUT2D eigenvalue weighted by Gasteiger charge is -2.18. The molecule has 1 aliphatic heterocycles. The average Bonchev–Trinajstić information content (AvgIpc) is 3.60. The molecule has 0 radical (unpaired) electrons. The number of pyridine rings is 1. The number of carbonyl (C=O) groups is 1. The molecular formula is C31H30FNO5. The fourth-order valence-corrected chi connectivity index (χ4v) is 5.07. The van der Waals surface area contributed by atoms with Crippen molar-refractivity contribution in [3.8, 4) is 34.6 Å². The van der Waals surface area contributed by atoms with Crippen molar-refractivity contribution in [1.29, 1.82) is 0 Å². The van der Waals surface area contributed by atoms with Gasteiger partial charge < -0.3 is 18.9 Å². The molecule has 0 N–H and O–H groups in total. The lowest BCUT2D eigenvalue weighted by molar-refractivity contribution is -0.140. The van der Waals surface area contributed by atoms with Crippen LogP contribution in [0.1, 0.15) is 54.9 Å². The number of carbonyl (C=O) groups excluding carboxylic acids is 1. The van der Waals surface area contributed by atoms with E-state index in [1.807, 2.05) is 42.5 Å². The fraction of sp³-hybridized carbons (Fsp3) is 0.355. The van der Waals surface area contributed by atoms with Crippen LogP contribution in [-0.2, 0) is 20.7 Å². The Morgan fingerprint density at radius 2 is 1.97 bits per heavy atom. The third-order valence-corrected chi connectivity index (χ3v) is 6.98. The predicted octanol–water partition coefficient (Wildman–Crippen LogP) is 5.79. The number of ether oxygens (including phenoxy) is 4. The van der Waals surface area contributed by atoms with Gasteiger partial charge in [-0.1, -0.05) is 24.1 Å². The molecule has 1 aromatic heterocycles. The number of methoxy groups -OCH3 is 1. The Balaban J connectivity index is 1.32. The molecule has 1 aliphatic carbocycles. The number of esters is 1. The van der Waals surface area contributed by atoms with Crippen LogP contribution in [0.15, 0.2) is 54.7 Å². The molecule has 0 spiro atoms. The number of nitrogens with zero attached hydrogens (tertiary/aromatic N) is 1. The summed E-state index contributed by atoms with van der Waals surface area (Å²) in [6.45, 7) is 3.04. The molecule has 3 aromatic rings. The quantitative estimate of drug-likeness (QED) is 0.279. The van der Waals surface area contributed by atoms with Crippen molar-refractivity contribution in [3.05, 3.63) is 77.2 Å². The topological polar surface area (TPSA) is 66.9 Å². The van der Waals surface area contributed by atoms with E-state index in [0.717, 1.165) is 28.7 Å². The summed E-state index contributed by atoms with van der Waals surface area (Å²) in [5.74, 6) is 6.29. The Morgan fingerprint density at radius 1 is 1.13 bits per heavy atom. The lowest BCUT2D eigenvalue weighted by atomic mass is 9.96. The van der Waals surface area contributed by atoms with Crippen molar-refractivity contribution >= 4 is 5.97 Å². The molecule has 1 saturated heterocycles. The Morgan fingerprint density at radius 3 is 2.66 bits per heavy atom. The van der Waals surface area contributed by atoms with E-state index in [1.165, 1.54) is 13.2 Å². The van der Waals surface area contributed by atoms with Gasteiger partial charge in [0.15, 0.2) is 0 Å². The lowest BCUT2D eigenvalue weighted by Crippen LogP contribution is -2.16. The second-order valence-electron chi connectivity index (χ2n) is 9.42. The Bertz CT molecular complexity index is 1340. The van der Waals surface area contributed by atoms with Gasteiger partial charge in [-0.05, 0) is 60.7 Å². The molecular weight excluding hydrogens is 485 g/mol. The minimum atomic E-state index is -0.393. The maximum Gasteiger partial charge on any atom is 0.307 e. The van der Waals surface area contributed by atoms with Crippen molar-refractivity contribution in [2.24, 2.45) is 0 Å². The summed E-state index contributed by atoms with van der Waals surface area (Å²) in [5, 5.41) is 0. The second kappa shape index (κ2) is 11.7. The summed E-state index contributed by atoms with van der Waals surface area (Å²) in [7, 11) is 1.37. The molecule has 2 heterocycles. The molecule has 2 aromatic carbocycles. The number of aromatic nitrogens is 1. The summed E-state index contributed by atoms with van der Waals surface area (Å²) in [4.78, 5) is 16.2. The number of fused-ring (bicyclic) bond motifs is 1. The van der Waals surface area contributed by atoms with Gasteiger partial charge in [0.1, 0.15) is 23.8 Å². The first-order valence-corrected chi connectivity index (χ1v) is 12.8. The Labute approximate surface area is 222 Å². The van der Waals surface area contributed by atoms with Gasteiger partial charge in [-0.3, -0.25) is 4.79 Å². The van der Waals surface area contributed by atoms with Crippen molar-refractivity contribution in [3.63, 3.8) is 0 Å². The van der Waals surface area contributed by atoms with Crippen LogP contribution in [0.2, 0.25) is 0 Å². The summed E-state index contributed by atoms with van der Waals surface area (Å²) in [5.41, 5.74) is 4.31. The van der Waals surface area contributed by atoms with Gasteiger partial charge in [0.25, 0.3) is 0 Å². The highest BCUT2D eigenvalue weighted by Crippen LogP contribution is 2.42. The normalized spacial score (nSPS) is 18.7.